The van der Waals surface area contributed by atoms with Crippen LogP contribution in [0.2, 0.25) is 0 Å². The minimum atomic E-state index is 0.304. The van der Waals surface area contributed by atoms with Crippen molar-refractivity contribution in [3.05, 3.63) is 47.3 Å². The van der Waals surface area contributed by atoms with E-state index >= 15 is 0 Å². The Morgan fingerprint density at radius 3 is 3.12 bits per heavy atom. The zero-order valence-electron chi connectivity index (χ0n) is 14.4. The Bertz CT molecular complexity index is 684. The first kappa shape index (κ1) is 15.7. The van der Waals surface area contributed by atoms with Crippen molar-refractivity contribution in [3.63, 3.8) is 0 Å². The summed E-state index contributed by atoms with van der Waals surface area (Å²) in [4.78, 5) is 5.02. The monoisotopic (exact) mass is 326 g/mol. The summed E-state index contributed by atoms with van der Waals surface area (Å²) < 4.78 is 5.70. The van der Waals surface area contributed by atoms with Crippen LogP contribution in [0.4, 0.5) is 5.69 Å². The Kier molecular flexibility index (Phi) is 4.54. The van der Waals surface area contributed by atoms with Crippen LogP contribution in [0.25, 0.3) is 0 Å². The molecular weight excluding hydrogens is 300 g/mol. The van der Waals surface area contributed by atoms with Crippen LogP contribution in [-0.2, 0) is 24.2 Å². The van der Waals surface area contributed by atoms with E-state index in [1.54, 1.807) is 0 Å². The van der Waals surface area contributed by atoms with Crippen LogP contribution in [-0.4, -0.2) is 47.4 Å². The summed E-state index contributed by atoms with van der Waals surface area (Å²) >= 11 is 0. The Balaban J connectivity index is 1.52. The molecule has 2 aliphatic heterocycles. The highest BCUT2D eigenvalue weighted by atomic mass is 16.5. The Morgan fingerprint density at radius 1 is 1.29 bits per heavy atom. The molecule has 0 amide bonds. The van der Waals surface area contributed by atoms with Crippen molar-refractivity contribution >= 4 is 5.69 Å². The third-order valence-corrected chi connectivity index (χ3v) is 5.07. The Morgan fingerprint density at radius 2 is 2.21 bits per heavy atom. The third kappa shape index (κ3) is 3.32. The molecule has 1 aromatic heterocycles. The number of benzene rings is 1. The molecule has 5 heteroatoms. The SMILES string of the molecule is CC1CN(c2ccccc2CN2CCCc3[nH]ncc3C2)CCO1. The Hall–Kier alpha value is -1.85. The van der Waals surface area contributed by atoms with Gasteiger partial charge in [0, 0.05) is 43.1 Å². The van der Waals surface area contributed by atoms with Crippen LogP contribution in [0.15, 0.2) is 30.5 Å². The number of para-hydroxylation sites is 1. The van der Waals surface area contributed by atoms with Gasteiger partial charge in [0.25, 0.3) is 0 Å². The van der Waals surface area contributed by atoms with E-state index in [0.717, 1.165) is 45.8 Å². The first-order valence-electron chi connectivity index (χ1n) is 8.97. The number of hydrogen-bond acceptors (Lipinski definition) is 4. The lowest BCUT2D eigenvalue weighted by Gasteiger charge is -2.35. The fraction of sp³-hybridized carbons (Fsp3) is 0.526. The molecule has 2 aliphatic rings. The number of aromatic amines is 1. The summed E-state index contributed by atoms with van der Waals surface area (Å²) in [5.74, 6) is 0. The molecule has 1 saturated heterocycles. The lowest BCUT2D eigenvalue weighted by molar-refractivity contribution is 0.0531. The average Bonchev–Trinajstić information content (AvgIpc) is 2.94. The van der Waals surface area contributed by atoms with Gasteiger partial charge in [-0.1, -0.05) is 18.2 Å². The average molecular weight is 326 g/mol. The van der Waals surface area contributed by atoms with Crippen LogP contribution in [0.5, 0.6) is 0 Å². The standard InChI is InChI=1S/C19H26N4O/c1-15-12-23(9-10-24-15)19-7-3-2-5-16(19)13-22-8-4-6-18-17(14-22)11-20-21-18/h2-3,5,7,11,15H,4,6,8-10,12-14H2,1H3,(H,20,21). The van der Waals surface area contributed by atoms with Gasteiger partial charge in [0.15, 0.2) is 0 Å². The highest BCUT2D eigenvalue weighted by molar-refractivity contribution is 5.54. The van der Waals surface area contributed by atoms with Crippen molar-refractivity contribution in [3.8, 4) is 0 Å². The van der Waals surface area contributed by atoms with Gasteiger partial charge in [-0.25, -0.2) is 0 Å². The van der Waals surface area contributed by atoms with Gasteiger partial charge in [0.1, 0.15) is 0 Å². The smallest absolute Gasteiger partial charge is 0.0722 e. The molecular formula is C19H26N4O. The number of hydrogen-bond donors (Lipinski definition) is 1. The second-order valence-corrected chi connectivity index (χ2v) is 6.94. The molecule has 0 saturated carbocycles. The number of ether oxygens (including phenoxy) is 1. The summed E-state index contributed by atoms with van der Waals surface area (Å²) in [6, 6.07) is 8.84. The minimum absolute atomic E-state index is 0.304. The van der Waals surface area contributed by atoms with Crippen molar-refractivity contribution in [2.45, 2.75) is 39.0 Å². The van der Waals surface area contributed by atoms with E-state index in [0.29, 0.717) is 6.10 Å². The van der Waals surface area contributed by atoms with Gasteiger partial charge < -0.3 is 9.64 Å². The number of aromatic nitrogens is 2. The van der Waals surface area contributed by atoms with Gasteiger partial charge in [-0.3, -0.25) is 10.00 Å². The first-order valence-corrected chi connectivity index (χ1v) is 8.97. The summed E-state index contributed by atoms with van der Waals surface area (Å²) in [6.45, 7) is 8.04. The summed E-state index contributed by atoms with van der Waals surface area (Å²) in [6.07, 6.45) is 4.59. The summed E-state index contributed by atoms with van der Waals surface area (Å²) in [5, 5.41) is 7.36. The molecule has 1 aromatic carbocycles. The van der Waals surface area contributed by atoms with E-state index in [1.165, 1.54) is 28.9 Å². The summed E-state index contributed by atoms with van der Waals surface area (Å²) in [5.41, 5.74) is 5.45. The molecule has 5 nitrogen and oxygen atoms in total. The molecule has 0 bridgehead atoms. The quantitative estimate of drug-likeness (QED) is 0.941. The minimum Gasteiger partial charge on any atom is -0.375 e. The number of H-pyrrole nitrogens is 1. The number of nitrogens with zero attached hydrogens (tertiary/aromatic N) is 3. The maximum atomic E-state index is 5.70. The molecule has 2 aromatic rings. The van der Waals surface area contributed by atoms with Crippen molar-refractivity contribution < 1.29 is 4.74 Å². The third-order valence-electron chi connectivity index (χ3n) is 5.07. The van der Waals surface area contributed by atoms with Crippen molar-refractivity contribution in [2.75, 3.05) is 31.1 Å². The van der Waals surface area contributed by atoms with Crippen LogP contribution in [0, 0.1) is 0 Å². The summed E-state index contributed by atoms with van der Waals surface area (Å²) in [7, 11) is 0. The first-order chi connectivity index (χ1) is 11.8. The molecule has 1 fully saturated rings. The van der Waals surface area contributed by atoms with E-state index < -0.39 is 0 Å². The molecule has 4 rings (SSSR count). The molecule has 128 valence electrons. The predicted octanol–water partition coefficient (Wildman–Crippen LogP) is 2.58. The van der Waals surface area contributed by atoms with Gasteiger partial charge in [0.05, 0.1) is 18.9 Å². The fourth-order valence-corrected chi connectivity index (χ4v) is 3.86. The number of fused-ring (bicyclic) bond motifs is 1. The molecule has 0 aliphatic carbocycles. The number of morpholine rings is 1. The van der Waals surface area contributed by atoms with Gasteiger partial charge in [-0.05, 0) is 37.9 Å². The van der Waals surface area contributed by atoms with Gasteiger partial charge in [0.2, 0.25) is 0 Å². The Labute approximate surface area is 143 Å². The van der Waals surface area contributed by atoms with Crippen LogP contribution >= 0.6 is 0 Å². The van der Waals surface area contributed by atoms with Crippen LogP contribution in [0.3, 0.4) is 0 Å². The molecule has 0 radical (unpaired) electrons. The van der Waals surface area contributed by atoms with E-state index in [2.05, 4.69) is 51.2 Å². The molecule has 1 N–H and O–H groups in total. The molecule has 0 spiro atoms. The number of anilines is 1. The lowest BCUT2D eigenvalue weighted by Crippen LogP contribution is -2.41. The zero-order chi connectivity index (χ0) is 16.4. The normalized spacial score (nSPS) is 22.2. The molecule has 3 heterocycles. The van der Waals surface area contributed by atoms with Gasteiger partial charge in [-0.15, -0.1) is 0 Å². The second kappa shape index (κ2) is 6.95. The number of aryl methyl sites for hydroxylation is 1. The van der Waals surface area contributed by atoms with E-state index in [-0.39, 0.29) is 0 Å². The predicted molar refractivity (Wildman–Crippen MR) is 95.1 cm³/mol. The van der Waals surface area contributed by atoms with Gasteiger partial charge >= 0.3 is 0 Å². The van der Waals surface area contributed by atoms with Crippen molar-refractivity contribution in [1.29, 1.82) is 0 Å². The maximum Gasteiger partial charge on any atom is 0.0722 e. The topological polar surface area (TPSA) is 44.4 Å². The van der Waals surface area contributed by atoms with Gasteiger partial charge in [-0.2, -0.15) is 5.10 Å². The zero-order valence-corrected chi connectivity index (χ0v) is 14.4. The molecule has 24 heavy (non-hydrogen) atoms. The molecule has 1 unspecified atom stereocenters. The van der Waals surface area contributed by atoms with Crippen LogP contribution < -0.4 is 4.90 Å². The van der Waals surface area contributed by atoms with E-state index in [4.69, 9.17) is 4.74 Å². The van der Waals surface area contributed by atoms with E-state index in [9.17, 15) is 0 Å². The largest absolute Gasteiger partial charge is 0.375 e. The number of rotatable bonds is 3. The highest BCUT2D eigenvalue weighted by Gasteiger charge is 2.21. The highest BCUT2D eigenvalue weighted by Crippen LogP contribution is 2.26. The van der Waals surface area contributed by atoms with Crippen molar-refractivity contribution in [2.24, 2.45) is 0 Å². The van der Waals surface area contributed by atoms with Crippen molar-refractivity contribution in [1.82, 2.24) is 15.1 Å². The van der Waals surface area contributed by atoms with Crippen LogP contribution in [0.1, 0.15) is 30.2 Å². The lowest BCUT2D eigenvalue weighted by atomic mass is 10.1. The maximum absolute atomic E-state index is 5.70. The fourth-order valence-electron chi connectivity index (χ4n) is 3.86. The number of nitrogens with one attached hydrogen (secondary N) is 1. The second-order valence-electron chi connectivity index (χ2n) is 6.94. The van der Waals surface area contributed by atoms with E-state index in [1.807, 2.05) is 6.20 Å². The molecule has 1 atom stereocenters.